The van der Waals surface area contributed by atoms with Gasteiger partial charge in [-0.2, -0.15) is 5.26 Å². The van der Waals surface area contributed by atoms with Crippen molar-refractivity contribution >= 4 is 5.91 Å². The highest BCUT2D eigenvalue weighted by molar-refractivity contribution is 5.94. The van der Waals surface area contributed by atoms with Crippen LogP contribution in [0.4, 0.5) is 0 Å². The van der Waals surface area contributed by atoms with Crippen molar-refractivity contribution < 1.29 is 4.79 Å². The van der Waals surface area contributed by atoms with Crippen LogP contribution in [0.25, 0.3) is 0 Å². The van der Waals surface area contributed by atoms with E-state index < -0.39 is 0 Å². The van der Waals surface area contributed by atoms with Crippen molar-refractivity contribution in [3.63, 3.8) is 0 Å². The maximum absolute atomic E-state index is 11.6. The minimum atomic E-state index is -0.0474. The number of nitrogens with one attached hydrogen (secondary N) is 1. The van der Waals surface area contributed by atoms with Crippen LogP contribution in [0, 0.1) is 17.2 Å². The average molecular weight is 200 g/mol. The molecule has 0 bridgehead atoms. The molecule has 1 saturated carbocycles. The van der Waals surface area contributed by atoms with E-state index in [0.29, 0.717) is 23.1 Å². The van der Waals surface area contributed by atoms with E-state index in [1.807, 2.05) is 6.07 Å². The minimum absolute atomic E-state index is 0.0474. The van der Waals surface area contributed by atoms with E-state index in [1.54, 1.807) is 24.3 Å². The van der Waals surface area contributed by atoms with E-state index in [2.05, 4.69) is 12.2 Å². The van der Waals surface area contributed by atoms with E-state index >= 15 is 0 Å². The first-order valence-electron chi connectivity index (χ1n) is 5.01. The molecule has 0 heterocycles. The third kappa shape index (κ3) is 2.16. The Kier molecular flexibility index (Phi) is 2.42. The summed E-state index contributed by atoms with van der Waals surface area (Å²) in [6.45, 7) is 2.11. The standard InChI is InChI=1S/C12H12N2O/c1-8-6-11(8)14-12(15)10-4-2-9(7-13)3-5-10/h2-5,8,11H,6H2,1H3,(H,14,15). The summed E-state index contributed by atoms with van der Waals surface area (Å²) in [5.41, 5.74) is 1.19. The molecule has 1 fully saturated rings. The van der Waals surface area contributed by atoms with Crippen molar-refractivity contribution in [1.82, 2.24) is 5.32 Å². The number of benzene rings is 1. The Bertz CT molecular complexity index is 416. The van der Waals surface area contributed by atoms with Crippen molar-refractivity contribution in [3.8, 4) is 6.07 Å². The summed E-state index contributed by atoms with van der Waals surface area (Å²) in [5.74, 6) is 0.557. The monoisotopic (exact) mass is 200 g/mol. The lowest BCUT2D eigenvalue weighted by Gasteiger charge is -2.03. The van der Waals surface area contributed by atoms with Crippen LogP contribution in [0.5, 0.6) is 0 Å². The molecule has 0 radical (unpaired) electrons. The fourth-order valence-corrected chi connectivity index (χ4v) is 1.47. The topological polar surface area (TPSA) is 52.9 Å². The summed E-state index contributed by atoms with van der Waals surface area (Å²) in [6.07, 6.45) is 1.07. The van der Waals surface area contributed by atoms with Gasteiger partial charge in [-0.25, -0.2) is 0 Å². The van der Waals surface area contributed by atoms with Crippen molar-refractivity contribution in [1.29, 1.82) is 5.26 Å². The molecule has 3 nitrogen and oxygen atoms in total. The summed E-state index contributed by atoms with van der Waals surface area (Å²) in [5, 5.41) is 11.5. The van der Waals surface area contributed by atoms with Gasteiger partial charge in [0.25, 0.3) is 5.91 Å². The third-order valence-electron chi connectivity index (χ3n) is 2.70. The maximum Gasteiger partial charge on any atom is 0.251 e. The molecule has 0 saturated heterocycles. The normalized spacial score (nSPS) is 22.9. The Morgan fingerprint density at radius 1 is 1.47 bits per heavy atom. The van der Waals surface area contributed by atoms with E-state index in [-0.39, 0.29) is 5.91 Å². The lowest BCUT2D eigenvalue weighted by atomic mass is 10.1. The van der Waals surface area contributed by atoms with Gasteiger partial charge in [-0.05, 0) is 36.6 Å². The number of carbonyl (C=O) groups is 1. The second-order valence-electron chi connectivity index (χ2n) is 3.98. The molecular formula is C12H12N2O. The van der Waals surface area contributed by atoms with Gasteiger partial charge in [0.1, 0.15) is 0 Å². The fourth-order valence-electron chi connectivity index (χ4n) is 1.47. The lowest BCUT2D eigenvalue weighted by molar-refractivity contribution is 0.0949. The molecule has 76 valence electrons. The van der Waals surface area contributed by atoms with E-state index in [4.69, 9.17) is 5.26 Å². The predicted molar refractivity (Wildman–Crippen MR) is 56.2 cm³/mol. The highest BCUT2D eigenvalue weighted by atomic mass is 16.1. The molecule has 1 aromatic carbocycles. The summed E-state index contributed by atoms with van der Waals surface area (Å²) in [4.78, 5) is 11.6. The first-order valence-corrected chi connectivity index (χ1v) is 5.01. The summed E-state index contributed by atoms with van der Waals surface area (Å²) in [6, 6.07) is 9.04. The van der Waals surface area contributed by atoms with Crippen molar-refractivity contribution in [2.45, 2.75) is 19.4 Å². The number of hydrogen-bond acceptors (Lipinski definition) is 2. The van der Waals surface area contributed by atoms with Gasteiger partial charge in [0.05, 0.1) is 11.6 Å². The number of amides is 1. The minimum Gasteiger partial charge on any atom is -0.349 e. The molecule has 0 aromatic heterocycles. The van der Waals surface area contributed by atoms with Crippen molar-refractivity contribution in [2.75, 3.05) is 0 Å². The van der Waals surface area contributed by atoms with Gasteiger partial charge in [-0.15, -0.1) is 0 Å². The van der Waals surface area contributed by atoms with Crippen LogP contribution in [-0.4, -0.2) is 11.9 Å². The maximum atomic E-state index is 11.6. The molecule has 1 aromatic rings. The van der Waals surface area contributed by atoms with Crippen LogP contribution in [0.3, 0.4) is 0 Å². The second-order valence-corrected chi connectivity index (χ2v) is 3.98. The molecule has 1 aliphatic carbocycles. The SMILES string of the molecule is CC1CC1NC(=O)c1ccc(C#N)cc1. The predicted octanol–water partition coefficient (Wildman–Crippen LogP) is 1.70. The quantitative estimate of drug-likeness (QED) is 0.789. The van der Waals surface area contributed by atoms with Gasteiger partial charge in [0.15, 0.2) is 0 Å². The van der Waals surface area contributed by atoms with Crippen LogP contribution < -0.4 is 5.32 Å². The third-order valence-corrected chi connectivity index (χ3v) is 2.70. The van der Waals surface area contributed by atoms with Gasteiger partial charge in [-0.1, -0.05) is 6.92 Å². The van der Waals surface area contributed by atoms with Crippen LogP contribution in [0.1, 0.15) is 29.3 Å². The Labute approximate surface area is 88.7 Å². The van der Waals surface area contributed by atoms with E-state index in [9.17, 15) is 4.79 Å². The van der Waals surface area contributed by atoms with Gasteiger partial charge in [0.2, 0.25) is 0 Å². The van der Waals surface area contributed by atoms with Crippen molar-refractivity contribution in [3.05, 3.63) is 35.4 Å². The number of hydrogen-bond donors (Lipinski definition) is 1. The van der Waals surface area contributed by atoms with Gasteiger partial charge >= 0.3 is 0 Å². The smallest absolute Gasteiger partial charge is 0.251 e. The van der Waals surface area contributed by atoms with Crippen LogP contribution in [-0.2, 0) is 0 Å². The van der Waals surface area contributed by atoms with Crippen LogP contribution in [0.2, 0.25) is 0 Å². The molecule has 3 heteroatoms. The molecule has 0 spiro atoms. The van der Waals surface area contributed by atoms with Gasteiger partial charge in [-0.3, -0.25) is 4.79 Å². The summed E-state index contributed by atoms with van der Waals surface area (Å²) >= 11 is 0. The molecule has 15 heavy (non-hydrogen) atoms. The van der Waals surface area contributed by atoms with Crippen LogP contribution in [0.15, 0.2) is 24.3 Å². The molecule has 2 unspecified atom stereocenters. The van der Waals surface area contributed by atoms with Gasteiger partial charge in [0, 0.05) is 11.6 Å². The molecular weight excluding hydrogens is 188 g/mol. The summed E-state index contributed by atoms with van der Waals surface area (Å²) in [7, 11) is 0. The Morgan fingerprint density at radius 3 is 2.53 bits per heavy atom. The molecule has 1 N–H and O–H groups in total. The Balaban J connectivity index is 2.03. The molecule has 1 aliphatic rings. The first kappa shape index (κ1) is 9.72. The first-order chi connectivity index (χ1) is 7.20. The molecule has 0 aliphatic heterocycles. The van der Waals surface area contributed by atoms with Crippen LogP contribution >= 0.6 is 0 Å². The van der Waals surface area contributed by atoms with E-state index in [0.717, 1.165) is 6.42 Å². The average Bonchev–Trinajstić information content (AvgIpc) is 2.94. The largest absolute Gasteiger partial charge is 0.349 e. The lowest BCUT2D eigenvalue weighted by Crippen LogP contribution is -2.26. The number of nitriles is 1. The summed E-state index contributed by atoms with van der Waals surface area (Å²) < 4.78 is 0. The van der Waals surface area contributed by atoms with Gasteiger partial charge < -0.3 is 5.32 Å². The highest BCUT2D eigenvalue weighted by Gasteiger charge is 2.33. The zero-order valence-corrected chi connectivity index (χ0v) is 8.53. The number of nitrogens with zero attached hydrogens (tertiary/aromatic N) is 1. The second kappa shape index (κ2) is 3.74. The van der Waals surface area contributed by atoms with Crippen molar-refractivity contribution in [2.24, 2.45) is 5.92 Å². The Morgan fingerprint density at radius 2 is 2.07 bits per heavy atom. The molecule has 2 atom stereocenters. The molecule has 2 rings (SSSR count). The fraction of sp³-hybridized carbons (Fsp3) is 0.333. The highest BCUT2D eigenvalue weighted by Crippen LogP contribution is 2.29. The number of rotatable bonds is 2. The zero-order chi connectivity index (χ0) is 10.8. The number of carbonyl (C=O) groups excluding carboxylic acids is 1. The zero-order valence-electron chi connectivity index (χ0n) is 8.53. The van der Waals surface area contributed by atoms with E-state index in [1.165, 1.54) is 0 Å². The molecule has 1 amide bonds. The Hall–Kier alpha value is -1.82.